The van der Waals surface area contributed by atoms with Crippen molar-refractivity contribution in [1.82, 2.24) is 15.5 Å². The van der Waals surface area contributed by atoms with E-state index in [1.165, 1.54) is 7.05 Å². The maximum Gasteiger partial charge on any atom is 0.413 e. The fourth-order valence-electron chi connectivity index (χ4n) is 3.56. The van der Waals surface area contributed by atoms with Gasteiger partial charge in [0, 0.05) is 25.4 Å². The van der Waals surface area contributed by atoms with Crippen LogP contribution >= 0.6 is 0 Å². The van der Waals surface area contributed by atoms with E-state index in [0.717, 1.165) is 11.1 Å². The number of aromatic nitrogens is 2. The Labute approximate surface area is 216 Å². The molecule has 0 aliphatic heterocycles. The Hall–Kier alpha value is -3.92. The molecule has 1 amide bonds. The number of nitrogens with two attached hydrogens (primary N) is 1. The molecule has 2 heterocycles. The maximum atomic E-state index is 12.9. The molecule has 1 aromatic carbocycles. The van der Waals surface area contributed by atoms with E-state index in [4.69, 9.17) is 24.5 Å². The van der Waals surface area contributed by atoms with Crippen LogP contribution in [0.15, 0.2) is 53.3 Å². The van der Waals surface area contributed by atoms with Crippen molar-refractivity contribution in [2.24, 2.45) is 17.6 Å². The third-order valence-electron chi connectivity index (χ3n) is 5.42. The van der Waals surface area contributed by atoms with Gasteiger partial charge in [0.15, 0.2) is 5.76 Å². The minimum absolute atomic E-state index is 0.110. The highest BCUT2D eigenvalue weighted by Gasteiger charge is 2.28. The lowest BCUT2D eigenvalue weighted by molar-refractivity contribution is -0.161. The SMILES string of the molecule is CNC(=O)Oc1cc(-c2ccc(OC[C@H](C[C@H](C)CN)C(=O)OC(C)(C)C)c(-c3ccno3)c2)ccn1. The lowest BCUT2D eigenvalue weighted by atomic mass is 9.96. The monoisotopic (exact) mass is 510 g/mol. The molecule has 3 aromatic rings. The zero-order valence-corrected chi connectivity index (χ0v) is 21.8. The van der Waals surface area contributed by atoms with E-state index in [2.05, 4.69) is 15.5 Å². The molecule has 2 aromatic heterocycles. The molecule has 0 bridgehead atoms. The minimum Gasteiger partial charge on any atom is -0.492 e. The molecule has 10 nitrogen and oxygen atoms in total. The molecule has 2 atom stereocenters. The predicted molar refractivity (Wildman–Crippen MR) is 138 cm³/mol. The summed E-state index contributed by atoms with van der Waals surface area (Å²) in [5.41, 5.74) is 7.43. The lowest BCUT2D eigenvalue weighted by Crippen LogP contribution is -2.33. The molecule has 0 saturated carbocycles. The second kappa shape index (κ2) is 12.4. The highest BCUT2D eigenvalue weighted by atomic mass is 16.6. The van der Waals surface area contributed by atoms with Crippen LogP contribution in [-0.2, 0) is 9.53 Å². The Bertz CT molecular complexity index is 1190. The summed E-state index contributed by atoms with van der Waals surface area (Å²) in [5, 5.41) is 6.21. The average molecular weight is 511 g/mol. The van der Waals surface area contributed by atoms with E-state index < -0.39 is 17.6 Å². The fraction of sp³-hybridized carbons (Fsp3) is 0.407. The maximum absolute atomic E-state index is 12.9. The standard InChI is InChI=1S/C27H34N4O6/c1-17(15-28)12-20(25(32)36-27(2,3)4)16-34-22-7-6-18(13-21(22)23-9-11-31-37-23)19-8-10-30-24(14-19)35-26(33)29-5/h6-11,13-14,17,20H,12,15-16,28H2,1-5H3,(H,29,33)/t17-,20-/m0/s1. The highest BCUT2D eigenvalue weighted by molar-refractivity contribution is 5.76. The van der Waals surface area contributed by atoms with Crippen molar-refractivity contribution in [1.29, 1.82) is 0 Å². The molecule has 0 radical (unpaired) electrons. The van der Waals surface area contributed by atoms with Gasteiger partial charge in [-0.2, -0.15) is 0 Å². The van der Waals surface area contributed by atoms with Crippen molar-refractivity contribution >= 4 is 12.1 Å². The van der Waals surface area contributed by atoms with Gasteiger partial charge in [-0.15, -0.1) is 0 Å². The van der Waals surface area contributed by atoms with Crippen LogP contribution < -0.4 is 20.5 Å². The Morgan fingerprint density at radius 2 is 1.86 bits per heavy atom. The predicted octanol–water partition coefficient (Wildman–Crippen LogP) is 4.44. The second-order valence-electron chi connectivity index (χ2n) is 9.73. The molecule has 37 heavy (non-hydrogen) atoms. The second-order valence-corrected chi connectivity index (χ2v) is 9.73. The fourth-order valence-corrected chi connectivity index (χ4v) is 3.56. The molecule has 3 rings (SSSR count). The van der Waals surface area contributed by atoms with Gasteiger partial charge in [-0.1, -0.05) is 18.1 Å². The van der Waals surface area contributed by atoms with Crippen LogP contribution in [0, 0.1) is 11.8 Å². The van der Waals surface area contributed by atoms with E-state index in [0.29, 0.717) is 30.0 Å². The minimum atomic E-state index is -0.612. The zero-order valence-electron chi connectivity index (χ0n) is 21.8. The van der Waals surface area contributed by atoms with Crippen molar-refractivity contribution in [3.05, 3.63) is 48.8 Å². The summed E-state index contributed by atoms with van der Waals surface area (Å²) in [7, 11) is 1.47. The molecule has 10 heteroatoms. The highest BCUT2D eigenvalue weighted by Crippen LogP contribution is 2.35. The number of nitrogens with one attached hydrogen (secondary N) is 1. The van der Waals surface area contributed by atoms with Gasteiger partial charge in [0.2, 0.25) is 5.88 Å². The summed E-state index contributed by atoms with van der Waals surface area (Å²) in [4.78, 5) is 28.5. The van der Waals surface area contributed by atoms with Crippen LogP contribution in [-0.4, -0.2) is 48.0 Å². The van der Waals surface area contributed by atoms with Crippen LogP contribution in [0.4, 0.5) is 4.79 Å². The summed E-state index contributed by atoms with van der Waals surface area (Å²) in [6.45, 7) is 8.05. The molecule has 3 N–H and O–H groups in total. The van der Waals surface area contributed by atoms with Crippen molar-refractivity contribution in [2.45, 2.75) is 39.7 Å². The summed E-state index contributed by atoms with van der Waals surface area (Å²) in [5.74, 6) is 0.473. The number of nitrogens with zero attached hydrogens (tertiary/aromatic N) is 2. The van der Waals surface area contributed by atoms with Gasteiger partial charge in [0.1, 0.15) is 18.0 Å². The Kier molecular flexibility index (Phi) is 9.24. The third-order valence-corrected chi connectivity index (χ3v) is 5.42. The van der Waals surface area contributed by atoms with Crippen LogP contribution in [0.1, 0.15) is 34.1 Å². The van der Waals surface area contributed by atoms with Crippen molar-refractivity contribution in [3.8, 4) is 34.1 Å². The first-order valence-electron chi connectivity index (χ1n) is 12.1. The molecule has 0 unspecified atom stereocenters. The Morgan fingerprint density at radius 1 is 1.11 bits per heavy atom. The molecule has 0 fully saturated rings. The number of rotatable bonds is 10. The number of carbonyl (C=O) groups is 2. The van der Waals surface area contributed by atoms with E-state index in [-0.39, 0.29) is 24.4 Å². The van der Waals surface area contributed by atoms with Gasteiger partial charge in [0.05, 0.1) is 17.7 Å². The van der Waals surface area contributed by atoms with Crippen LogP contribution in [0.3, 0.4) is 0 Å². The number of pyridine rings is 1. The lowest BCUT2D eigenvalue weighted by Gasteiger charge is -2.25. The Morgan fingerprint density at radius 3 is 2.51 bits per heavy atom. The Balaban J connectivity index is 1.89. The van der Waals surface area contributed by atoms with Crippen LogP contribution in [0.25, 0.3) is 22.5 Å². The number of esters is 1. The molecule has 0 saturated heterocycles. The summed E-state index contributed by atoms with van der Waals surface area (Å²) in [6, 6.07) is 10.7. The van der Waals surface area contributed by atoms with Crippen LogP contribution in [0.5, 0.6) is 11.6 Å². The normalized spacial score (nSPS) is 12.9. The first-order chi connectivity index (χ1) is 17.6. The third kappa shape index (κ3) is 8.04. The van der Waals surface area contributed by atoms with Gasteiger partial charge >= 0.3 is 12.1 Å². The largest absolute Gasteiger partial charge is 0.492 e. The first-order valence-corrected chi connectivity index (χ1v) is 12.1. The van der Waals surface area contributed by atoms with E-state index >= 15 is 0 Å². The molecule has 0 aliphatic carbocycles. The van der Waals surface area contributed by atoms with E-state index in [1.807, 2.05) is 39.8 Å². The molecule has 198 valence electrons. The molecule has 0 aliphatic rings. The first kappa shape index (κ1) is 27.7. The van der Waals surface area contributed by atoms with Gasteiger partial charge < -0.3 is 29.8 Å². The quantitative estimate of drug-likeness (QED) is 0.379. The van der Waals surface area contributed by atoms with Gasteiger partial charge in [0.25, 0.3) is 0 Å². The number of amides is 1. The van der Waals surface area contributed by atoms with Crippen LogP contribution in [0.2, 0.25) is 0 Å². The van der Waals surface area contributed by atoms with Gasteiger partial charge in [-0.3, -0.25) is 4.79 Å². The topological polar surface area (TPSA) is 139 Å². The van der Waals surface area contributed by atoms with Crippen molar-refractivity contribution in [2.75, 3.05) is 20.2 Å². The summed E-state index contributed by atoms with van der Waals surface area (Å²) in [6.07, 6.45) is 3.02. The number of benzene rings is 1. The summed E-state index contributed by atoms with van der Waals surface area (Å²) < 4.78 is 22.4. The molecule has 0 spiro atoms. The number of ether oxygens (including phenoxy) is 3. The average Bonchev–Trinajstić information content (AvgIpc) is 3.40. The smallest absolute Gasteiger partial charge is 0.413 e. The number of hydrogen-bond acceptors (Lipinski definition) is 9. The number of carbonyl (C=O) groups excluding carboxylic acids is 2. The van der Waals surface area contributed by atoms with Gasteiger partial charge in [-0.25, -0.2) is 9.78 Å². The summed E-state index contributed by atoms with van der Waals surface area (Å²) >= 11 is 0. The van der Waals surface area contributed by atoms with Crippen molar-refractivity contribution in [3.63, 3.8) is 0 Å². The number of hydrogen-bond donors (Lipinski definition) is 2. The van der Waals surface area contributed by atoms with E-state index in [1.54, 1.807) is 36.7 Å². The molecular weight excluding hydrogens is 476 g/mol. The molecular formula is C27H34N4O6. The zero-order chi connectivity index (χ0) is 27.0. The van der Waals surface area contributed by atoms with E-state index in [9.17, 15) is 9.59 Å². The van der Waals surface area contributed by atoms with Crippen molar-refractivity contribution < 1.29 is 28.3 Å². The van der Waals surface area contributed by atoms with Gasteiger partial charge in [-0.05, 0) is 69.0 Å².